The second-order valence-corrected chi connectivity index (χ2v) is 13.7. The zero-order valence-electron chi connectivity index (χ0n) is 29.4. The molecule has 10 rings (SSSR count). The fourth-order valence-electron chi connectivity index (χ4n) is 7.54. The highest BCUT2D eigenvalue weighted by Gasteiger charge is 2.14. The molecule has 0 atom stereocenters. The molecule has 0 aliphatic heterocycles. The number of benzene rings is 8. The average molecular weight is 688 g/mol. The van der Waals surface area contributed by atoms with Gasteiger partial charge in [-0.15, -0.1) is 0 Å². The van der Waals surface area contributed by atoms with Crippen molar-refractivity contribution in [3.05, 3.63) is 200 Å². The van der Waals surface area contributed by atoms with Crippen molar-refractivity contribution in [2.75, 3.05) is 0 Å². The number of para-hydroxylation sites is 1. The molecular formula is C51H33N3. The molecule has 2 heterocycles. The van der Waals surface area contributed by atoms with E-state index in [0.717, 1.165) is 55.7 Å². The molecule has 0 saturated carbocycles. The van der Waals surface area contributed by atoms with Crippen molar-refractivity contribution in [2.45, 2.75) is 0 Å². The number of fused-ring (bicyclic) bond motifs is 3. The molecule has 0 spiro atoms. The van der Waals surface area contributed by atoms with Gasteiger partial charge < -0.3 is 0 Å². The number of pyridine rings is 1. The van der Waals surface area contributed by atoms with Gasteiger partial charge in [0, 0.05) is 33.8 Å². The van der Waals surface area contributed by atoms with Gasteiger partial charge in [-0.05, 0) is 73.6 Å². The maximum Gasteiger partial charge on any atom is 0.160 e. The Morgan fingerprint density at radius 3 is 1.46 bits per heavy atom. The van der Waals surface area contributed by atoms with Gasteiger partial charge in [0.25, 0.3) is 0 Å². The maximum absolute atomic E-state index is 5.22. The second-order valence-electron chi connectivity index (χ2n) is 13.7. The van der Waals surface area contributed by atoms with Gasteiger partial charge in [0.2, 0.25) is 0 Å². The van der Waals surface area contributed by atoms with Crippen molar-refractivity contribution in [3.63, 3.8) is 0 Å². The largest absolute Gasteiger partial charge is 0.256 e. The van der Waals surface area contributed by atoms with Crippen molar-refractivity contribution in [2.24, 2.45) is 0 Å². The Morgan fingerprint density at radius 1 is 0.296 bits per heavy atom. The summed E-state index contributed by atoms with van der Waals surface area (Å²) in [6.07, 6.45) is 1.95. The summed E-state index contributed by atoms with van der Waals surface area (Å²) >= 11 is 0. The number of hydrogen-bond donors (Lipinski definition) is 0. The Balaban J connectivity index is 1.07. The van der Waals surface area contributed by atoms with E-state index in [4.69, 9.17) is 15.0 Å². The minimum absolute atomic E-state index is 0.686. The van der Waals surface area contributed by atoms with Crippen LogP contribution in [0.4, 0.5) is 0 Å². The summed E-state index contributed by atoms with van der Waals surface area (Å²) in [4.78, 5) is 15.1. The van der Waals surface area contributed by atoms with Crippen LogP contribution in [0.2, 0.25) is 0 Å². The smallest absolute Gasteiger partial charge is 0.160 e. The SMILES string of the molecule is c1cc(-c2nc(-c3ccc(-c4cnc5ccccc5c4)cc3)cc(-c3ccc(-c4cccc5ccccc45)cc3)n2)cc(-c2cccc3ccccc23)c1. The highest BCUT2D eigenvalue weighted by Crippen LogP contribution is 2.35. The van der Waals surface area contributed by atoms with E-state index in [1.807, 2.05) is 18.3 Å². The number of rotatable bonds is 6. The monoisotopic (exact) mass is 687 g/mol. The first-order valence-corrected chi connectivity index (χ1v) is 18.3. The van der Waals surface area contributed by atoms with E-state index in [2.05, 4.69) is 182 Å². The summed E-state index contributed by atoms with van der Waals surface area (Å²) < 4.78 is 0. The Hall–Kier alpha value is -7.23. The standard InChI is InChI=1S/C51H33N3/c1-4-17-44-35(10-1)13-8-19-46(44)37-24-28-39(29-25-37)50-32-49(38-26-22-34(23-27-38)43-31-41-12-3-6-21-48(41)52-33-43)53-51(54-50)42-16-7-15-40(30-42)47-20-9-14-36-11-2-5-18-45(36)47/h1-33H. The van der Waals surface area contributed by atoms with Gasteiger partial charge in [0.1, 0.15) is 0 Å². The molecule has 0 radical (unpaired) electrons. The molecular weight excluding hydrogens is 655 g/mol. The molecule has 0 amide bonds. The van der Waals surface area contributed by atoms with Crippen LogP contribution in [0.25, 0.3) is 99.7 Å². The third kappa shape index (κ3) is 5.88. The topological polar surface area (TPSA) is 38.7 Å². The lowest BCUT2D eigenvalue weighted by Crippen LogP contribution is -1.96. The van der Waals surface area contributed by atoms with Gasteiger partial charge in [-0.3, -0.25) is 4.98 Å². The second kappa shape index (κ2) is 13.4. The van der Waals surface area contributed by atoms with E-state index in [0.29, 0.717) is 5.82 Å². The van der Waals surface area contributed by atoms with E-state index >= 15 is 0 Å². The fourth-order valence-corrected chi connectivity index (χ4v) is 7.54. The Labute approximate surface area is 313 Å². The first-order chi connectivity index (χ1) is 26.7. The van der Waals surface area contributed by atoms with Crippen LogP contribution in [0.3, 0.4) is 0 Å². The highest BCUT2D eigenvalue weighted by atomic mass is 14.9. The minimum Gasteiger partial charge on any atom is -0.256 e. The lowest BCUT2D eigenvalue weighted by Gasteiger charge is -2.12. The third-order valence-corrected chi connectivity index (χ3v) is 10.3. The molecule has 3 nitrogen and oxygen atoms in total. The van der Waals surface area contributed by atoms with E-state index in [1.54, 1.807) is 0 Å². The van der Waals surface area contributed by atoms with Gasteiger partial charge >= 0.3 is 0 Å². The first-order valence-electron chi connectivity index (χ1n) is 18.3. The van der Waals surface area contributed by atoms with E-state index in [9.17, 15) is 0 Å². The Morgan fingerprint density at radius 2 is 0.796 bits per heavy atom. The predicted octanol–water partition coefficient (Wildman–Crippen LogP) is 13.3. The lowest BCUT2D eigenvalue weighted by molar-refractivity contribution is 1.18. The summed E-state index contributed by atoms with van der Waals surface area (Å²) in [5, 5.41) is 6.05. The van der Waals surface area contributed by atoms with Gasteiger partial charge in [0.05, 0.1) is 16.9 Å². The molecule has 0 bridgehead atoms. The molecule has 0 fully saturated rings. The van der Waals surface area contributed by atoms with Crippen LogP contribution in [0, 0.1) is 0 Å². The van der Waals surface area contributed by atoms with Gasteiger partial charge in [-0.2, -0.15) is 0 Å². The Kier molecular flexibility index (Phi) is 7.81. The maximum atomic E-state index is 5.22. The normalized spacial score (nSPS) is 11.3. The molecule has 3 heteroatoms. The van der Waals surface area contributed by atoms with E-state index < -0.39 is 0 Å². The molecule has 8 aromatic carbocycles. The predicted molar refractivity (Wildman–Crippen MR) is 225 cm³/mol. The molecule has 0 saturated heterocycles. The number of aromatic nitrogens is 3. The van der Waals surface area contributed by atoms with Crippen LogP contribution in [0.1, 0.15) is 0 Å². The summed E-state index contributed by atoms with van der Waals surface area (Å²) in [5.74, 6) is 0.686. The zero-order chi connectivity index (χ0) is 35.8. The van der Waals surface area contributed by atoms with Crippen LogP contribution >= 0.6 is 0 Å². The fraction of sp³-hybridized carbons (Fsp3) is 0. The molecule has 54 heavy (non-hydrogen) atoms. The molecule has 2 aromatic heterocycles. The molecule has 252 valence electrons. The van der Waals surface area contributed by atoms with Gasteiger partial charge in [-0.1, -0.05) is 170 Å². The molecule has 0 aliphatic rings. The zero-order valence-corrected chi connectivity index (χ0v) is 29.4. The van der Waals surface area contributed by atoms with Crippen molar-refractivity contribution < 1.29 is 0 Å². The quantitative estimate of drug-likeness (QED) is 0.175. The average Bonchev–Trinajstić information content (AvgIpc) is 3.26. The Bertz CT molecular complexity index is 2970. The van der Waals surface area contributed by atoms with Gasteiger partial charge in [0.15, 0.2) is 5.82 Å². The first kappa shape index (κ1) is 31.5. The van der Waals surface area contributed by atoms with Crippen LogP contribution in [-0.4, -0.2) is 15.0 Å². The molecule has 10 aromatic rings. The van der Waals surface area contributed by atoms with Crippen LogP contribution in [0.15, 0.2) is 200 Å². The summed E-state index contributed by atoms with van der Waals surface area (Å²) in [5.41, 5.74) is 12.7. The van der Waals surface area contributed by atoms with Crippen molar-refractivity contribution >= 4 is 32.4 Å². The lowest BCUT2D eigenvalue weighted by atomic mass is 9.96. The number of hydrogen-bond acceptors (Lipinski definition) is 3. The van der Waals surface area contributed by atoms with Crippen molar-refractivity contribution in [3.8, 4) is 67.3 Å². The molecule has 0 aliphatic carbocycles. The van der Waals surface area contributed by atoms with Crippen LogP contribution in [0.5, 0.6) is 0 Å². The molecule has 0 N–H and O–H groups in total. The van der Waals surface area contributed by atoms with Crippen LogP contribution < -0.4 is 0 Å². The van der Waals surface area contributed by atoms with E-state index in [-0.39, 0.29) is 0 Å². The van der Waals surface area contributed by atoms with Gasteiger partial charge in [-0.25, -0.2) is 9.97 Å². The summed E-state index contributed by atoms with van der Waals surface area (Å²) in [6.45, 7) is 0. The number of nitrogens with zero attached hydrogens (tertiary/aromatic N) is 3. The highest BCUT2D eigenvalue weighted by molar-refractivity contribution is 5.98. The summed E-state index contributed by atoms with van der Waals surface area (Å²) in [7, 11) is 0. The molecule has 0 unspecified atom stereocenters. The summed E-state index contributed by atoms with van der Waals surface area (Å²) in [6, 6.07) is 68.5. The third-order valence-electron chi connectivity index (χ3n) is 10.3. The minimum atomic E-state index is 0.686. The van der Waals surface area contributed by atoms with Crippen molar-refractivity contribution in [1.29, 1.82) is 0 Å². The van der Waals surface area contributed by atoms with E-state index in [1.165, 1.54) is 38.2 Å². The van der Waals surface area contributed by atoms with Crippen LogP contribution in [-0.2, 0) is 0 Å². The van der Waals surface area contributed by atoms with Crippen molar-refractivity contribution in [1.82, 2.24) is 15.0 Å².